The number of nitrogens with zero attached hydrogens (tertiary/aromatic N) is 4. The first-order valence-electron chi connectivity index (χ1n) is 4.35. The van der Waals surface area contributed by atoms with Crippen molar-refractivity contribution in [3.05, 3.63) is 49.9 Å². The molecule has 1 aromatic carbocycles. The maximum absolute atomic E-state index is 11.2. The first-order chi connectivity index (χ1) is 7.56. The van der Waals surface area contributed by atoms with Crippen LogP contribution in [0.25, 0.3) is 10.4 Å². The van der Waals surface area contributed by atoms with Crippen LogP contribution in [0.2, 0.25) is 0 Å². The molecule has 7 nitrogen and oxygen atoms in total. The molecule has 0 amide bonds. The van der Waals surface area contributed by atoms with Crippen LogP contribution in [0, 0.1) is 10.1 Å². The molecule has 0 aliphatic heterocycles. The van der Waals surface area contributed by atoms with Crippen LogP contribution in [0.4, 0.5) is 5.69 Å². The summed E-state index contributed by atoms with van der Waals surface area (Å²) in [6, 6.07) is 4.06. The normalized spacial score (nSPS) is 9.31. The van der Waals surface area contributed by atoms with Gasteiger partial charge in [0.25, 0.3) is 5.69 Å². The monoisotopic (exact) mass is 220 g/mol. The Morgan fingerprint density at radius 3 is 2.81 bits per heavy atom. The molecule has 0 bridgehead atoms. The van der Waals surface area contributed by atoms with Gasteiger partial charge in [-0.25, -0.2) is 0 Å². The number of hydrogen-bond donors (Lipinski definition) is 0. The van der Waals surface area contributed by atoms with Gasteiger partial charge in [0.2, 0.25) is 0 Å². The van der Waals surface area contributed by atoms with Crippen LogP contribution >= 0.6 is 0 Å². The number of ketones is 1. The molecule has 0 saturated carbocycles. The van der Waals surface area contributed by atoms with Crippen molar-refractivity contribution in [1.29, 1.82) is 0 Å². The zero-order chi connectivity index (χ0) is 12.1. The summed E-state index contributed by atoms with van der Waals surface area (Å²) >= 11 is 0. The molecule has 7 heteroatoms. The number of nitro benzene ring substituents is 1. The SMILES string of the molecule is CC(=O)c1cc(CN=[N+]=[N-])ccc1[N+](=O)[O-]. The third-order valence-corrected chi connectivity index (χ3v) is 1.95. The third-order valence-electron chi connectivity index (χ3n) is 1.95. The Kier molecular flexibility index (Phi) is 3.58. The zero-order valence-electron chi connectivity index (χ0n) is 8.45. The second kappa shape index (κ2) is 4.90. The highest BCUT2D eigenvalue weighted by Crippen LogP contribution is 2.20. The fourth-order valence-corrected chi connectivity index (χ4v) is 1.24. The van der Waals surface area contributed by atoms with E-state index in [1.165, 1.54) is 25.1 Å². The lowest BCUT2D eigenvalue weighted by molar-refractivity contribution is -0.385. The van der Waals surface area contributed by atoms with Crippen LogP contribution in [0.1, 0.15) is 22.8 Å². The van der Waals surface area contributed by atoms with E-state index in [4.69, 9.17) is 5.53 Å². The average molecular weight is 220 g/mol. The Hall–Kier alpha value is -2.40. The Bertz CT molecular complexity index is 492. The Morgan fingerprint density at radius 2 is 2.31 bits per heavy atom. The minimum absolute atomic E-state index is 0.0237. The van der Waals surface area contributed by atoms with Gasteiger partial charge in [0.05, 0.1) is 17.0 Å². The second-order valence-electron chi connectivity index (χ2n) is 3.05. The van der Waals surface area contributed by atoms with Gasteiger partial charge in [-0.15, -0.1) is 0 Å². The van der Waals surface area contributed by atoms with Gasteiger partial charge >= 0.3 is 0 Å². The fraction of sp³-hybridized carbons (Fsp3) is 0.222. The number of nitro groups is 1. The van der Waals surface area contributed by atoms with Crippen LogP contribution in [-0.2, 0) is 6.54 Å². The molecule has 0 aliphatic rings. The van der Waals surface area contributed by atoms with Crippen molar-refractivity contribution in [3.63, 3.8) is 0 Å². The smallest absolute Gasteiger partial charge is 0.280 e. The first-order valence-corrected chi connectivity index (χ1v) is 4.35. The molecule has 0 aromatic heterocycles. The number of hydrogen-bond acceptors (Lipinski definition) is 4. The van der Waals surface area contributed by atoms with E-state index < -0.39 is 10.7 Å². The topological polar surface area (TPSA) is 109 Å². The highest BCUT2D eigenvalue weighted by Gasteiger charge is 2.17. The lowest BCUT2D eigenvalue weighted by Crippen LogP contribution is -2.01. The molecule has 0 fully saturated rings. The van der Waals surface area contributed by atoms with E-state index in [1.807, 2.05) is 0 Å². The lowest BCUT2D eigenvalue weighted by atomic mass is 10.1. The molecule has 0 radical (unpaired) electrons. The van der Waals surface area contributed by atoms with Crippen molar-refractivity contribution < 1.29 is 9.72 Å². The van der Waals surface area contributed by atoms with Gasteiger partial charge in [-0.1, -0.05) is 11.2 Å². The van der Waals surface area contributed by atoms with Crippen molar-refractivity contribution in [2.24, 2.45) is 5.11 Å². The van der Waals surface area contributed by atoms with E-state index in [-0.39, 0.29) is 17.8 Å². The van der Waals surface area contributed by atoms with E-state index in [2.05, 4.69) is 10.0 Å². The molecule has 1 rings (SSSR count). The summed E-state index contributed by atoms with van der Waals surface area (Å²) < 4.78 is 0. The summed E-state index contributed by atoms with van der Waals surface area (Å²) in [5.41, 5.74) is 8.48. The maximum atomic E-state index is 11.2. The predicted octanol–water partition coefficient (Wildman–Crippen LogP) is 2.61. The van der Waals surface area contributed by atoms with Crippen molar-refractivity contribution in [1.82, 2.24) is 0 Å². The van der Waals surface area contributed by atoms with Gasteiger partial charge < -0.3 is 0 Å². The highest BCUT2D eigenvalue weighted by molar-refractivity contribution is 5.98. The molecular formula is C9H8N4O3. The van der Waals surface area contributed by atoms with Crippen LogP contribution in [0.5, 0.6) is 0 Å². The number of rotatable bonds is 4. The van der Waals surface area contributed by atoms with Gasteiger partial charge in [-0.2, -0.15) is 0 Å². The third kappa shape index (κ3) is 2.55. The van der Waals surface area contributed by atoms with Crippen molar-refractivity contribution >= 4 is 11.5 Å². The zero-order valence-corrected chi connectivity index (χ0v) is 8.45. The summed E-state index contributed by atoms with van der Waals surface area (Å²) in [7, 11) is 0. The van der Waals surface area contributed by atoms with Crippen LogP contribution in [0.3, 0.4) is 0 Å². The quantitative estimate of drug-likeness (QED) is 0.194. The number of benzene rings is 1. The van der Waals surface area contributed by atoms with Gasteiger partial charge in [-0.3, -0.25) is 14.9 Å². The number of azide groups is 1. The average Bonchev–Trinajstić information content (AvgIpc) is 2.25. The summed E-state index contributed by atoms with van der Waals surface area (Å²) in [5.74, 6) is -0.394. The van der Waals surface area contributed by atoms with E-state index in [0.29, 0.717) is 5.56 Å². The van der Waals surface area contributed by atoms with Crippen LogP contribution in [0.15, 0.2) is 23.3 Å². The predicted molar refractivity (Wildman–Crippen MR) is 56.0 cm³/mol. The van der Waals surface area contributed by atoms with Crippen molar-refractivity contribution in [2.45, 2.75) is 13.5 Å². The molecule has 1 aromatic rings. The molecule has 0 unspecified atom stereocenters. The first kappa shape index (κ1) is 11.7. The summed E-state index contributed by atoms with van der Waals surface area (Å²) in [6.45, 7) is 1.31. The number of carbonyl (C=O) groups excluding carboxylic acids is 1. The van der Waals surface area contributed by atoms with Gasteiger partial charge in [0.15, 0.2) is 5.78 Å². The number of Topliss-reactive ketones (excluding diaryl/α,β-unsaturated/α-hetero) is 1. The van der Waals surface area contributed by atoms with E-state index >= 15 is 0 Å². The largest absolute Gasteiger partial charge is 0.294 e. The molecule has 82 valence electrons. The Morgan fingerprint density at radius 1 is 1.62 bits per heavy atom. The van der Waals surface area contributed by atoms with Gasteiger partial charge in [-0.05, 0) is 24.1 Å². The van der Waals surface area contributed by atoms with Crippen molar-refractivity contribution in [3.8, 4) is 0 Å². The van der Waals surface area contributed by atoms with Gasteiger partial charge in [0, 0.05) is 11.0 Å². The van der Waals surface area contributed by atoms with Gasteiger partial charge in [0.1, 0.15) is 0 Å². The van der Waals surface area contributed by atoms with E-state index in [1.54, 1.807) is 0 Å². The summed E-state index contributed by atoms with van der Waals surface area (Å²) in [4.78, 5) is 23.8. The molecule has 0 heterocycles. The second-order valence-corrected chi connectivity index (χ2v) is 3.05. The van der Waals surface area contributed by atoms with Crippen molar-refractivity contribution in [2.75, 3.05) is 0 Å². The Balaban J connectivity index is 3.22. The molecular weight excluding hydrogens is 212 g/mol. The number of carbonyl (C=O) groups is 1. The molecule has 0 saturated heterocycles. The summed E-state index contributed by atoms with van der Waals surface area (Å²) in [5, 5.41) is 13.9. The minimum atomic E-state index is -0.617. The van der Waals surface area contributed by atoms with Crippen LogP contribution < -0.4 is 0 Å². The minimum Gasteiger partial charge on any atom is -0.294 e. The maximum Gasteiger partial charge on any atom is 0.280 e. The van der Waals surface area contributed by atoms with Crippen LogP contribution in [-0.4, -0.2) is 10.7 Å². The molecule has 0 atom stereocenters. The standard InChI is InChI=1S/C9H8N4O3/c1-6(14)8-4-7(5-11-12-10)2-3-9(8)13(15)16/h2-4H,5H2,1H3. The Labute approximate surface area is 90.5 Å². The fourth-order valence-electron chi connectivity index (χ4n) is 1.24. The molecule has 0 spiro atoms. The molecule has 0 aliphatic carbocycles. The molecule has 0 N–H and O–H groups in total. The molecule has 16 heavy (non-hydrogen) atoms. The lowest BCUT2D eigenvalue weighted by Gasteiger charge is -2.01. The summed E-state index contributed by atoms with van der Waals surface area (Å²) in [6.07, 6.45) is 0. The van der Waals surface area contributed by atoms with E-state index in [0.717, 1.165) is 0 Å². The van der Waals surface area contributed by atoms with E-state index in [9.17, 15) is 14.9 Å². The highest BCUT2D eigenvalue weighted by atomic mass is 16.6.